The Balaban J connectivity index is 2.23. The van der Waals surface area contributed by atoms with Crippen LogP contribution >= 0.6 is 27.3 Å². The SMILES string of the molecule is CN(Cc1csc(Br)c1)c1cccc(F)c1CO. The molecule has 0 unspecified atom stereocenters. The summed E-state index contributed by atoms with van der Waals surface area (Å²) in [5, 5.41) is 11.3. The van der Waals surface area contributed by atoms with Crippen molar-refractivity contribution in [1.82, 2.24) is 0 Å². The van der Waals surface area contributed by atoms with Gasteiger partial charge < -0.3 is 10.0 Å². The van der Waals surface area contributed by atoms with Crippen molar-refractivity contribution in [3.8, 4) is 0 Å². The minimum absolute atomic E-state index is 0.292. The molecule has 0 saturated carbocycles. The summed E-state index contributed by atoms with van der Waals surface area (Å²) in [5.74, 6) is -0.367. The summed E-state index contributed by atoms with van der Waals surface area (Å²) >= 11 is 5.04. The quantitative estimate of drug-likeness (QED) is 0.922. The van der Waals surface area contributed by atoms with E-state index in [-0.39, 0.29) is 12.4 Å². The fraction of sp³-hybridized carbons (Fsp3) is 0.231. The number of aliphatic hydroxyl groups excluding tert-OH is 1. The first kappa shape index (κ1) is 13.5. The van der Waals surface area contributed by atoms with Gasteiger partial charge in [-0.2, -0.15) is 0 Å². The minimum Gasteiger partial charge on any atom is -0.391 e. The molecule has 0 fully saturated rings. The molecule has 1 heterocycles. The molecule has 5 heteroatoms. The number of nitrogens with zero attached hydrogens (tertiary/aromatic N) is 1. The molecule has 0 spiro atoms. The van der Waals surface area contributed by atoms with Crippen LogP contribution in [0, 0.1) is 5.82 Å². The van der Waals surface area contributed by atoms with Gasteiger partial charge in [-0.1, -0.05) is 6.07 Å². The summed E-state index contributed by atoms with van der Waals surface area (Å²) in [6.07, 6.45) is 0. The van der Waals surface area contributed by atoms with Crippen LogP contribution in [0.5, 0.6) is 0 Å². The zero-order chi connectivity index (χ0) is 13.1. The monoisotopic (exact) mass is 329 g/mol. The van der Waals surface area contributed by atoms with Crippen LogP contribution in [-0.2, 0) is 13.2 Å². The first-order valence-electron chi connectivity index (χ1n) is 5.44. The molecule has 96 valence electrons. The van der Waals surface area contributed by atoms with Gasteiger partial charge in [0.2, 0.25) is 0 Å². The van der Waals surface area contributed by atoms with Crippen molar-refractivity contribution < 1.29 is 9.50 Å². The highest BCUT2D eigenvalue weighted by Gasteiger charge is 2.11. The van der Waals surface area contributed by atoms with E-state index >= 15 is 0 Å². The Morgan fingerprint density at radius 2 is 2.22 bits per heavy atom. The molecule has 1 N–H and O–H groups in total. The van der Waals surface area contributed by atoms with Crippen molar-refractivity contribution in [2.24, 2.45) is 0 Å². The lowest BCUT2D eigenvalue weighted by Gasteiger charge is -2.21. The van der Waals surface area contributed by atoms with Gasteiger partial charge in [-0.15, -0.1) is 11.3 Å². The molecule has 0 aliphatic heterocycles. The van der Waals surface area contributed by atoms with E-state index in [0.29, 0.717) is 12.1 Å². The number of thiophene rings is 1. The van der Waals surface area contributed by atoms with E-state index in [1.807, 2.05) is 24.1 Å². The molecule has 2 rings (SSSR count). The number of aliphatic hydroxyl groups is 1. The van der Waals surface area contributed by atoms with Crippen LogP contribution in [0.4, 0.5) is 10.1 Å². The molecular weight excluding hydrogens is 317 g/mol. The van der Waals surface area contributed by atoms with Crippen molar-refractivity contribution in [3.63, 3.8) is 0 Å². The van der Waals surface area contributed by atoms with E-state index in [9.17, 15) is 9.50 Å². The Labute approximate surface area is 118 Å². The molecule has 0 aliphatic rings. The number of rotatable bonds is 4. The highest BCUT2D eigenvalue weighted by Crippen LogP contribution is 2.26. The van der Waals surface area contributed by atoms with Gasteiger partial charge >= 0.3 is 0 Å². The van der Waals surface area contributed by atoms with E-state index in [4.69, 9.17) is 0 Å². The van der Waals surface area contributed by atoms with Crippen LogP contribution in [0.3, 0.4) is 0 Å². The molecule has 0 bridgehead atoms. The second-order valence-electron chi connectivity index (χ2n) is 4.01. The molecule has 1 aromatic carbocycles. The average Bonchev–Trinajstić information content (AvgIpc) is 2.74. The van der Waals surface area contributed by atoms with Crippen LogP contribution in [0.2, 0.25) is 0 Å². The maximum atomic E-state index is 13.6. The van der Waals surface area contributed by atoms with Gasteiger partial charge in [0.25, 0.3) is 0 Å². The lowest BCUT2D eigenvalue weighted by atomic mass is 10.1. The zero-order valence-electron chi connectivity index (χ0n) is 9.86. The molecule has 0 radical (unpaired) electrons. The summed E-state index contributed by atoms with van der Waals surface area (Å²) in [7, 11) is 1.89. The molecule has 2 aromatic rings. The summed E-state index contributed by atoms with van der Waals surface area (Å²) in [4.78, 5) is 1.93. The first-order valence-corrected chi connectivity index (χ1v) is 7.11. The smallest absolute Gasteiger partial charge is 0.130 e. The third kappa shape index (κ3) is 2.91. The summed E-state index contributed by atoms with van der Waals surface area (Å²) in [6, 6.07) is 6.88. The van der Waals surface area contributed by atoms with Gasteiger partial charge in [0, 0.05) is 24.8 Å². The fourth-order valence-corrected chi connectivity index (χ4v) is 3.05. The molecule has 0 amide bonds. The molecule has 0 saturated heterocycles. The second-order valence-corrected chi connectivity index (χ2v) is 6.30. The third-order valence-corrected chi connectivity index (χ3v) is 4.26. The zero-order valence-corrected chi connectivity index (χ0v) is 12.3. The Bertz CT molecular complexity index is 544. The maximum absolute atomic E-state index is 13.6. The van der Waals surface area contributed by atoms with Crippen molar-refractivity contribution in [2.45, 2.75) is 13.2 Å². The number of hydrogen-bond acceptors (Lipinski definition) is 3. The molecule has 18 heavy (non-hydrogen) atoms. The molecule has 0 aliphatic carbocycles. The van der Waals surface area contributed by atoms with Crippen LogP contribution < -0.4 is 4.90 Å². The van der Waals surface area contributed by atoms with Gasteiger partial charge in [0.05, 0.1) is 10.4 Å². The van der Waals surface area contributed by atoms with Crippen LogP contribution in [0.15, 0.2) is 33.4 Å². The van der Waals surface area contributed by atoms with Crippen LogP contribution in [-0.4, -0.2) is 12.2 Å². The largest absolute Gasteiger partial charge is 0.391 e. The van der Waals surface area contributed by atoms with Crippen molar-refractivity contribution in [2.75, 3.05) is 11.9 Å². The maximum Gasteiger partial charge on any atom is 0.130 e. The molecule has 2 nitrogen and oxygen atoms in total. The van der Waals surface area contributed by atoms with Crippen LogP contribution in [0.1, 0.15) is 11.1 Å². The van der Waals surface area contributed by atoms with E-state index in [1.54, 1.807) is 17.4 Å². The summed E-state index contributed by atoms with van der Waals surface area (Å²) in [5.41, 5.74) is 2.22. The van der Waals surface area contributed by atoms with Crippen LogP contribution in [0.25, 0.3) is 0 Å². The Morgan fingerprint density at radius 3 is 2.83 bits per heavy atom. The molecular formula is C13H13BrFNOS. The van der Waals surface area contributed by atoms with E-state index in [2.05, 4.69) is 21.3 Å². The fourth-order valence-electron chi connectivity index (χ4n) is 1.85. The second kappa shape index (κ2) is 5.82. The van der Waals surface area contributed by atoms with Crippen molar-refractivity contribution in [1.29, 1.82) is 0 Å². The third-order valence-electron chi connectivity index (χ3n) is 2.70. The minimum atomic E-state index is -0.367. The number of anilines is 1. The standard InChI is InChI=1S/C13H13BrFNOS/c1-16(6-9-5-13(14)18-8-9)12-4-2-3-11(15)10(12)7-17/h2-5,8,17H,6-7H2,1H3. The number of benzene rings is 1. The number of hydrogen-bond donors (Lipinski definition) is 1. The van der Waals surface area contributed by atoms with E-state index in [1.165, 1.54) is 6.07 Å². The predicted octanol–water partition coefficient (Wildman–Crippen LogP) is 3.78. The van der Waals surface area contributed by atoms with Gasteiger partial charge in [-0.05, 0) is 45.1 Å². The van der Waals surface area contributed by atoms with Gasteiger partial charge in [0.1, 0.15) is 5.82 Å². The molecule has 1 aromatic heterocycles. The lowest BCUT2D eigenvalue weighted by Crippen LogP contribution is -2.18. The highest BCUT2D eigenvalue weighted by atomic mass is 79.9. The number of halogens is 2. The first-order chi connectivity index (χ1) is 8.61. The average molecular weight is 330 g/mol. The molecule has 0 atom stereocenters. The predicted molar refractivity (Wildman–Crippen MR) is 76.4 cm³/mol. The Hall–Kier alpha value is -0.910. The lowest BCUT2D eigenvalue weighted by molar-refractivity contribution is 0.276. The Morgan fingerprint density at radius 1 is 1.44 bits per heavy atom. The van der Waals surface area contributed by atoms with E-state index < -0.39 is 0 Å². The van der Waals surface area contributed by atoms with E-state index in [0.717, 1.165) is 15.0 Å². The van der Waals surface area contributed by atoms with Crippen molar-refractivity contribution >= 4 is 33.0 Å². The summed E-state index contributed by atoms with van der Waals surface area (Å²) in [6.45, 7) is 0.387. The highest BCUT2D eigenvalue weighted by molar-refractivity contribution is 9.11. The summed E-state index contributed by atoms with van der Waals surface area (Å²) < 4.78 is 14.6. The Kier molecular flexibility index (Phi) is 4.37. The van der Waals surface area contributed by atoms with Gasteiger partial charge in [0.15, 0.2) is 0 Å². The van der Waals surface area contributed by atoms with Gasteiger partial charge in [-0.3, -0.25) is 0 Å². The topological polar surface area (TPSA) is 23.5 Å². The van der Waals surface area contributed by atoms with Crippen molar-refractivity contribution in [3.05, 3.63) is 50.4 Å². The normalized spacial score (nSPS) is 10.7. The van der Waals surface area contributed by atoms with Gasteiger partial charge in [-0.25, -0.2) is 4.39 Å².